The quantitative estimate of drug-likeness (QED) is 0.720. The number of benzene rings is 2. The van der Waals surface area contributed by atoms with E-state index in [1.807, 2.05) is 31.2 Å². The van der Waals surface area contributed by atoms with Crippen LogP contribution in [0.5, 0.6) is 11.5 Å². The van der Waals surface area contributed by atoms with Crippen LogP contribution in [0.4, 0.5) is 10.5 Å². The second-order valence-corrected chi connectivity index (χ2v) is 7.18. The van der Waals surface area contributed by atoms with Gasteiger partial charge in [0.25, 0.3) is 0 Å². The summed E-state index contributed by atoms with van der Waals surface area (Å²) >= 11 is 0. The molecule has 0 unspecified atom stereocenters. The normalized spacial score (nSPS) is 17.6. The van der Waals surface area contributed by atoms with Crippen molar-refractivity contribution in [2.45, 2.75) is 25.8 Å². The van der Waals surface area contributed by atoms with Gasteiger partial charge in [-0.15, -0.1) is 0 Å². The maximum atomic E-state index is 12.9. The molecule has 29 heavy (non-hydrogen) atoms. The fourth-order valence-electron chi connectivity index (χ4n) is 3.71. The summed E-state index contributed by atoms with van der Waals surface area (Å²) in [7, 11) is 0. The summed E-state index contributed by atoms with van der Waals surface area (Å²) in [5.41, 5.74) is 2.67. The monoisotopic (exact) mass is 392 g/mol. The molecule has 3 aromatic rings. The summed E-state index contributed by atoms with van der Waals surface area (Å²) in [6, 6.07) is 12.8. The highest BCUT2D eigenvalue weighted by Gasteiger charge is 2.34. The number of nitrogens with one attached hydrogen (secondary N) is 1. The average Bonchev–Trinajstić information content (AvgIpc) is 3.46. The second kappa shape index (κ2) is 7.12. The molecule has 1 saturated heterocycles. The van der Waals surface area contributed by atoms with Crippen molar-refractivity contribution in [1.82, 2.24) is 15.0 Å². The standard InChI is InChI=1S/C21H20N4O4/c1-13-4-2-5-14(10-13)19-23-20(29-24-19)16-6-3-9-25(16)21(26)22-15-7-8-17-18(11-15)28-12-27-17/h2,4-5,7-8,10-11,16H,3,6,9,12H2,1H3,(H,22,26)/t16-/m0/s1. The first-order valence-electron chi connectivity index (χ1n) is 9.55. The van der Waals surface area contributed by atoms with E-state index >= 15 is 0 Å². The van der Waals surface area contributed by atoms with E-state index in [9.17, 15) is 4.79 Å². The molecule has 0 bridgehead atoms. The highest BCUT2D eigenvalue weighted by Crippen LogP contribution is 2.36. The third-order valence-electron chi connectivity index (χ3n) is 5.14. The molecule has 1 N–H and O–H groups in total. The third kappa shape index (κ3) is 3.37. The summed E-state index contributed by atoms with van der Waals surface area (Å²) in [5.74, 6) is 2.30. The van der Waals surface area contributed by atoms with Crippen molar-refractivity contribution in [3.05, 3.63) is 53.9 Å². The number of nitrogens with zero attached hydrogens (tertiary/aromatic N) is 3. The maximum absolute atomic E-state index is 12.9. The molecule has 0 aliphatic carbocycles. The van der Waals surface area contributed by atoms with Crippen LogP contribution >= 0.6 is 0 Å². The van der Waals surface area contributed by atoms with Gasteiger partial charge in [0, 0.05) is 23.9 Å². The molecule has 148 valence electrons. The lowest BCUT2D eigenvalue weighted by Crippen LogP contribution is -2.34. The number of anilines is 1. The van der Waals surface area contributed by atoms with Crippen LogP contribution in [0, 0.1) is 6.92 Å². The van der Waals surface area contributed by atoms with E-state index in [0.29, 0.717) is 35.4 Å². The predicted molar refractivity (Wildman–Crippen MR) is 105 cm³/mol. The van der Waals surface area contributed by atoms with Crippen molar-refractivity contribution in [3.63, 3.8) is 0 Å². The first-order chi connectivity index (χ1) is 14.2. The van der Waals surface area contributed by atoms with Gasteiger partial charge in [0.1, 0.15) is 6.04 Å². The van der Waals surface area contributed by atoms with Crippen molar-refractivity contribution < 1.29 is 18.8 Å². The number of aromatic nitrogens is 2. The Labute approximate surface area is 167 Å². The lowest BCUT2D eigenvalue weighted by Gasteiger charge is -2.22. The molecule has 0 saturated carbocycles. The van der Waals surface area contributed by atoms with Crippen molar-refractivity contribution in [1.29, 1.82) is 0 Å². The summed E-state index contributed by atoms with van der Waals surface area (Å²) in [5, 5.41) is 7.04. The van der Waals surface area contributed by atoms with Crippen molar-refractivity contribution in [3.8, 4) is 22.9 Å². The molecule has 8 nitrogen and oxygen atoms in total. The average molecular weight is 392 g/mol. The molecule has 1 atom stereocenters. The molecule has 5 rings (SSSR count). The summed E-state index contributed by atoms with van der Waals surface area (Å²) in [6.07, 6.45) is 1.66. The lowest BCUT2D eigenvalue weighted by molar-refractivity contribution is 0.174. The fraction of sp³-hybridized carbons (Fsp3) is 0.286. The van der Waals surface area contributed by atoms with Crippen LogP contribution in [0.25, 0.3) is 11.4 Å². The van der Waals surface area contributed by atoms with Gasteiger partial charge in [-0.05, 0) is 38.0 Å². The van der Waals surface area contributed by atoms with Crippen LogP contribution in [0.3, 0.4) is 0 Å². The van der Waals surface area contributed by atoms with Gasteiger partial charge in [-0.1, -0.05) is 28.9 Å². The lowest BCUT2D eigenvalue weighted by atomic mass is 10.1. The zero-order valence-corrected chi connectivity index (χ0v) is 15.9. The van der Waals surface area contributed by atoms with E-state index in [1.54, 1.807) is 23.1 Å². The summed E-state index contributed by atoms with van der Waals surface area (Å²) in [4.78, 5) is 19.2. The molecule has 2 amide bonds. The summed E-state index contributed by atoms with van der Waals surface area (Å²) < 4.78 is 16.2. The Morgan fingerprint density at radius 2 is 2.07 bits per heavy atom. The predicted octanol–water partition coefficient (Wildman–Crippen LogP) is 4.14. The Kier molecular flexibility index (Phi) is 4.31. The van der Waals surface area contributed by atoms with Crippen LogP contribution in [-0.2, 0) is 0 Å². The Morgan fingerprint density at radius 1 is 1.17 bits per heavy atom. The fourth-order valence-corrected chi connectivity index (χ4v) is 3.71. The van der Waals surface area contributed by atoms with Crippen molar-refractivity contribution >= 4 is 11.7 Å². The number of hydrogen-bond donors (Lipinski definition) is 1. The Balaban J connectivity index is 1.33. The first kappa shape index (κ1) is 17.5. The van der Waals surface area contributed by atoms with Gasteiger partial charge in [0.15, 0.2) is 11.5 Å². The SMILES string of the molecule is Cc1cccc(-c2noc([C@@H]3CCCN3C(=O)Nc3ccc4c(c3)OCO4)n2)c1. The number of urea groups is 1. The van der Waals surface area contributed by atoms with Gasteiger partial charge in [-0.2, -0.15) is 4.98 Å². The minimum Gasteiger partial charge on any atom is -0.454 e. The molecule has 0 spiro atoms. The molecule has 3 heterocycles. The van der Waals surface area contributed by atoms with Crippen LogP contribution in [0.1, 0.15) is 30.3 Å². The number of likely N-dealkylation sites (tertiary alicyclic amines) is 1. The molecule has 2 aliphatic rings. The van der Waals surface area contributed by atoms with E-state index in [-0.39, 0.29) is 18.9 Å². The number of carbonyl (C=O) groups excluding carboxylic acids is 1. The molecular weight excluding hydrogens is 372 g/mol. The summed E-state index contributed by atoms with van der Waals surface area (Å²) in [6.45, 7) is 2.84. The zero-order valence-electron chi connectivity index (χ0n) is 15.9. The number of carbonyl (C=O) groups is 1. The number of ether oxygens (including phenoxy) is 2. The van der Waals surface area contributed by atoms with E-state index in [1.165, 1.54) is 0 Å². The van der Waals surface area contributed by atoms with Gasteiger partial charge in [-0.25, -0.2) is 4.79 Å². The number of fused-ring (bicyclic) bond motifs is 1. The topological polar surface area (TPSA) is 89.7 Å². The third-order valence-corrected chi connectivity index (χ3v) is 5.14. The van der Waals surface area contributed by atoms with Gasteiger partial charge >= 0.3 is 6.03 Å². The highest BCUT2D eigenvalue weighted by atomic mass is 16.7. The number of hydrogen-bond acceptors (Lipinski definition) is 6. The molecule has 8 heteroatoms. The Hall–Kier alpha value is -3.55. The number of aryl methyl sites for hydroxylation is 1. The van der Waals surface area contributed by atoms with Gasteiger partial charge in [0.05, 0.1) is 0 Å². The smallest absolute Gasteiger partial charge is 0.322 e. The molecular formula is C21H20N4O4. The second-order valence-electron chi connectivity index (χ2n) is 7.18. The van der Waals surface area contributed by atoms with E-state index < -0.39 is 0 Å². The Bertz CT molecular complexity index is 1060. The minimum atomic E-state index is -0.241. The van der Waals surface area contributed by atoms with Gasteiger partial charge in [0.2, 0.25) is 18.5 Å². The zero-order chi connectivity index (χ0) is 19.8. The highest BCUT2D eigenvalue weighted by molar-refractivity contribution is 5.90. The van der Waals surface area contributed by atoms with E-state index in [0.717, 1.165) is 24.0 Å². The molecule has 2 aromatic carbocycles. The van der Waals surface area contributed by atoms with Gasteiger partial charge in [-0.3, -0.25) is 0 Å². The number of amides is 2. The van der Waals surface area contributed by atoms with Crippen molar-refractivity contribution in [2.75, 3.05) is 18.7 Å². The van der Waals surface area contributed by atoms with E-state index in [4.69, 9.17) is 14.0 Å². The van der Waals surface area contributed by atoms with E-state index in [2.05, 4.69) is 15.5 Å². The molecule has 0 radical (unpaired) electrons. The van der Waals surface area contributed by atoms with Crippen molar-refractivity contribution in [2.24, 2.45) is 0 Å². The maximum Gasteiger partial charge on any atom is 0.322 e. The Morgan fingerprint density at radius 3 is 2.97 bits per heavy atom. The van der Waals surface area contributed by atoms with Crippen LogP contribution < -0.4 is 14.8 Å². The molecule has 2 aliphatic heterocycles. The first-order valence-corrected chi connectivity index (χ1v) is 9.55. The molecule has 1 aromatic heterocycles. The van der Waals surface area contributed by atoms with Crippen LogP contribution in [0.2, 0.25) is 0 Å². The van der Waals surface area contributed by atoms with Crippen LogP contribution in [0.15, 0.2) is 47.0 Å². The van der Waals surface area contributed by atoms with Gasteiger partial charge < -0.3 is 24.2 Å². The largest absolute Gasteiger partial charge is 0.454 e. The van der Waals surface area contributed by atoms with Crippen LogP contribution in [-0.4, -0.2) is 34.4 Å². The molecule has 1 fully saturated rings. The minimum absolute atomic E-state index is 0.196. The number of rotatable bonds is 3.